The summed E-state index contributed by atoms with van der Waals surface area (Å²) in [5.41, 5.74) is -2.00. The van der Waals surface area contributed by atoms with Gasteiger partial charge in [-0.05, 0) is 85.9 Å². The van der Waals surface area contributed by atoms with Gasteiger partial charge in [-0.2, -0.15) is 67.4 Å². The Labute approximate surface area is 426 Å². The minimum atomic E-state index is -5.00. The van der Waals surface area contributed by atoms with Crippen molar-refractivity contribution in [2.24, 2.45) is 20.0 Å². The molecular weight excluding hydrogens is 987 g/mol. The van der Waals surface area contributed by atoms with Crippen molar-refractivity contribution in [1.82, 2.24) is 0 Å². The molecule has 0 fully saturated rings. The number of aliphatic imine (C=N–C) groups is 4. The van der Waals surface area contributed by atoms with E-state index in [9.17, 15) is 47.4 Å². The van der Waals surface area contributed by atoms with Crippen LogP contribution in [-0.4, -0.2) is 22.8 Å². The lowest BCUT2D eigenvalue weighted by Crippen LogP contribution is -2.22. The van der Waals surface area contributed by atoms with Crippen LogP contribution in [0.25, 0.3) is 54.2 Å². The Balaban J connectivity index is 0.963. The van der Waals surface area contributed by atoms with Crippen LogP contribution in [0.15, 0.2) is 213 Å². The minimum absolute atomic E-state index is 0.0291. The number of hydrogen-bond donors (Lipinski definition) is 0. The molecule has 2 aliphatic carbocycles. The van der Waals surface area contributed by atoms with Crippen molar-refractivity contribution in [2.75, 3.05) is 0 Å². The number of hydrogen-bond acceptors (Lipinski definition) is 12. The predicted octanol–water partition coefficient (Wildman–Crippen LogP) is 14.2. The van der Waals surface area contributed by atoms with Gasteiger partial charge < -0.3 is 18.9 Å². The summed E-state index contributed by atoms with van der Waals surface area (Å²) in [6.45, 7) is 0. The molecular formula is C58H28F6N8O4. The largest absolute Gasteiger partial charge is 0.455 e. The summed E-state index contributed by atoms with van der Waals surface area (Å²) in [5.74, 6) is -1.33. The van der Waals surface area contributed by atoms with Crippen LogP contribution in [0.4, 0.5) is 26.3 Å². The van der Waals surface area contributed by atoms with Crippen LogP contribution in [0.3, 0.4) is 0 Å². The zero-order chi connectivity index (χ0) is 53.1. The molecule has 8 aromatic carbocycles. The maximum Gasteiger partial charge on any atom is 0.420 e. The molecule has 0 heterocycles. The molecule has 0 spiro atoms. The monoisotopic (exact) mass is 1010 g/mol. The SMILES string of the molecule is N#CN=C1C=C(Oc2ccc3cc(-c4cccc5c(OC6=CC(=NC#N)C(Oc7c(C(F)(F)F)ccc8ccccc78)=CC6=NC#N)c(C(F)(F)F)ccc45)ccc3c2)C(=NC#N)C=C1Oc1ccc2ccccc2c1. The lowest BCUT2D eigenvalue weighted by Gasteiger charge is -2.22. The molecule has 0 unspecified atom stereocenters. The van der Waals surface area contributed by atoms with E-state index in [1.165, 1.54) is 60.9 Å². The number of allylic oxidation sites excluding steroid dienone is 4. The Morgan fingerprint density at radius 3 is 1.30 bits per heavy atom. The molecule has 0 saturated heterocycles. The van der Waals surface area contributed by atoms with E-state index in [4.69, 9.17) is 18.9 Å². The Bertz CT molecular complexity index is 4220. The molecule has 76 heavy (non-hydrogen) atoms. The van der Waals surface area contributed by atoms with Gasteiger partial charge in [0.05, 0.1) is 11.1 Å². The Kier molecular flexibility index (Phi) is 12.8. The van der Waals surface area contributed by atoms with Crippen molar-refractivity contribution in [3.63, 3.8) is 0 Å². The third-order valence-electron chi connectivity index (χ3n) is 12.0. The molecule has 366 valence electrons. The average Bonchev–Trinajstić information content (AvgIpc) is 3.41. The number of rotatable bonds is 9. The maximum absolute atomic E-state index is 14.9. The fourth-order valence-electron chi connectivity index (χ4n) is 8.62. The predicted molar refractivity (Wildman–Crippen MR) is 272 cm³/mol. The summed E-state index contributed by atoms with van der Waals surface area (Å²) in [6.07, 6.45) is 1.47. The number of benzene rings is 8. The highest BCUT2D eigenvalue weighted by Gasteiger charge is 2.38. The molecule has 8 aromatic rings. The van der Waals surface area contributed by atoms with Crippen LogP contribution in [0.2, 0.25) is 0 Å². The third-order valence-corrected chi connectivity index (χ3v) is 12.0. The standard InChI is InChI=1S/C58H28F6N8O4/c59-57(60,61)45-20-16-34-7-3-4-9-42(34)55(45)75-53-27-50(72-32-68)54(28-49(53)71-31-67)76-56-44-11-5-10-41(43(44)19-21-46(56)58(62,63)64)38-13-12-37-24-40(18-15-36(37)22-38)74-52-26-47(69-29-65)51(25-48(52)70-30-66)73-39-17-14-33-6-1-2-8-35(33)23-39/h1-28H. The van der Waals surface area contributed by atoms with E-state index in [-0.39, 0.29) is 33.7 Å². The summed E-state index contributed by atoms with van der Waals surface area (Å²) in [7, 11) is 0. The van der Waals surface area contributed by atoms with Gasteiger partial charge in [-0.25, -0.2) is 0 Å². The minimum Gasteiger partial charge on any atom is -0.455 e. The number of fused-ring (bicyclic) bond motifs is 4. The van der Waals surface area contributed by atoms with E-state index in [2.05, 4.69) is 20.0 Å². The molecule has 0 saturated carbocycles. The summed E-state index contributed by atoms with van der Waals surface area (Å²) in [5, 5.41) is 42.5. The lowest BCUT2D eigenvalue weighted by atomic mass is 9.94. The van der Waals surface area contributed by atoms with Gasteiger partial charge in [0, 0.05) is 35.1 Å². The van der Waals surface area contributed by atoms with E-state index < -0.39 is 57.9 Å². The summed E-state index contributed by atoms with van der Waals surface area (Å²) >= 11 is 0. The Hall–Kier alpha value is -10.8. The first kappa shape index (κ1) is 48.8. The highest BCUT2D eigenvalue weighted by atomic mass is 19.4. The first-order chi connectivity index (χ1) is 36.7. The van der Waals surface area contributed by atoms with Crippen LogP contribution in [0.1, 0.15) is 11.1 Å². The molecule has 18 heteroatoms. The molecule has 2 aliphatic rings. The zero-order valence-corrected chi connectivity index (χ0v) is 38.6. The van der Waals surface area contributed by atoms with Crippen LogP contribution < -0.4 is 18.9 Å². The van der Waals surface area contributed by atoms with Crippen LogP contribution >= 0.6 is 0 Å². The second-order valence-corrected chi connectivity index (χ2v) is 16.6. The molecule has 0 aromatic heterocycles. The van der Waals surface area contributed by atoms with E-state index >= 15 is 0 Å². The van der Waals surface area contributed by atoms with Gasteiger partial charge in [0.1, 0.15) is 45.8 Å². The second-order valence-electron chi connectivity index (χ2n) is 16.6. The summed E-state index contributed by atoms with van der Waals surface area (Å²) in [4.78, 5) is 15.3. The van der Waals surface area contributed by atoms with Gasteiger partial charge >= 0.3 is 12.4 Å². The molecule has 12 nitrogen and oxygen atoms in total. The van der Waals surface area contributed by atoms with Crippen LogP contribution in [0.5, 0.6) is 23.0 Å². The molecule has 0 atom stereocenters. The fraction of sp³-hybridized carbons (Fsp3) is 0.0345. The van der Waals surface area contributed by atoms with Gasteiger partial charge in [0.2, 0.25) is 24.8 Å². The van der Waals surface area contributed by atoms with Gasteiger partial charge in [-0.1, -0.05) is 103 Å². The number of alkyl halides is 6. The third kappa shape index (κ3) is 9.76. The van der Waals surface area contributed by atoms with E-state index in [0.717, 1.165) is 35.1 Å². The number of nitriles is 4. The first-order valence-electron chi connectivity index (χ1n) is 22.4. The normalized spacial score (nSPS) is 15.9. The highest BCUT2D eigenvalue weighted by Crippen LogP contribution is 2.46. The number of ether oxygens (including phenoxy) is 4. The lowest BCUT2D eigenvalue weighted by molar-refractivity contribution is -0.139. The number of halogens is 6. The van der Waals surface area contributed by atoms with Gasteiger partial charge in [0.15, 0.2) is 23.0 Å². The smallest absolute Gasteiger partial charge is 0.420 e. The van der Waals surface area contributed by atoms with Crippen LogP contribution in [-0.2, 0) is 12.4 Å². The first-order valence-corrected chi connectivity index (χ1v) is 22.4. The van der Waals surface area contributed by atoms with Crippen molar-refractivity contribution in [2.45, 2.75) is 12.4 Å². The maximum atomic E-state index is 14.9. The van der Waals surface area contributed by atoms with Gasteiger partial charge in [-0.3, -0.25) is 0 Å². The van der Waals surface area contributed by atoms with E-state index in [0.29, 0.717) is 44.2 Å². The highest BCUT2D eigenvalue weighted by molar-refractivity contribution is 6.24. The van der Waals surface area contributed by atoms with Crippen molar-refractivity contribution < 1.29 is 45.3 Å². The Morgan fingerprint density at radius 1 is 0.355 bits per heavy atom. The van der Waals surface area contributed by atoms with Gasteiger partial charge in [0.25, 0.3) is 0 Å². The summed E-state index contributed by atoms with van der Waals surface area (Å²) < 4.78 is 112. The van der Waals surface area contributed by atoms with E-state index in [1.807, 2.05) is 42.5 Å². The molecule has 0 radical (unpaired) electrons. The second kappa shape index (κ2) is 20.0. The molecule has 0 N–H and O–H groups in total. The average molecular weight is 1010 g/mol. The van der Waals surface area contributed by atoms with Crippen molar-refractivity contribution in [3.05, 3.63) is 204 Å². The summed E-state index contributed by atoms with van der Waals surface area (Å²) in [6, 6.07) is 38.4. The van der Waals surface area contributed by atoms with Crippen molar-refractivity contribution in [3.8, 4) is 58.9 Å². The molecule has 0 aliphatic heterocycles. The number of nitrogens with zero attached hydrogens (tertiary/aromatic N) is 8. The molecule has 0 bridgehead atoms. The van der Waals surface area contributed by atoms with E-state index in [1.54, 1.807) is 67.0 Å². The van der Waals surface area contributed by atoms with Crippen molar-refractivity contribution >= 4 is 65.9 Å². The van der Waals surface area contributed by atoms with Crippen molar-refractivity contribution in [1.29, 1.82) is 21.0 Å². The van der Waals surface area contributed by atoms with Crippen LogP contribution in [0, 0.1) is 45.8 Å². The Morgan fingerprint density at radius 2 is 0.763 bits per heavy atom. The fourth-order valence-corrected chi connectivity index (χ4v) is 8.62. The topological polar surface area (TPSA) is 182 Å². The zero-order valence-electron chi connectivity index (χ0n) is 38.6. The molecule has 10 rings (SSSR count). The van der Waals surface area contributed by atoms with Gasteiger partial charge in [-0.15, -0.1) is 0 Å². The molecule has 0 amide bonds. The quantitative estimate of drug-likeness (QED) is 0.0777.